The number of carboxylic acids is 1. The summed E-state index contributed by atoms with van der Waals surface area (Å²) in [5.41, 5.74) is 5.79. The molecule has 1 aromatic rings. The highest BCUT2D eigenvalue weighted by atomic mass is 79.9. The van der Waals surface area contributed by atoms with Gasteiger partial charge < -0.3 is 15.6 Å². The highest BCUT2D eigenvalue weighted by Gasteiger charge is 2.28. The van der Waals surface area contributed by atoms with Crippen LogP contribution in [0, 0.1) is 5.41 Å². The molecule has 0 radical (unpaired) electrons. The molecule has 1 aromatic carbocycles. The number of nitrogens with two attached hydrogens (primary N) is 1. The van der Waals surface area contributed by atoms with Crippen molar-refractivity contribution in [3.05, 3.63) is 28.2 Å². The van der Waals surface area contributed by atoms with E-state index in [1.54, 1.807) is 19.9 Å². The molecule has 0 aliphatic carbocycles. The Labute approximate surface area is 115 Å². The predicted octanol–water partition coefficient (Wildman–Crippen LogP) is 2.96. The van der Waals surface area contributed by atoms with Crippen LogP contribution in [0.2, 0.25) is 0 Å². The summed E-state index contributed by atoms with van der Waals surface area (Å²) in [4.78, 5) is 11.0. The zero-order valence-corrected chi connectivity index (χ0v) is 12.3. The zero-order chi connectivity index (χ0) is 13.9. The topological polar surface area (TPSA) is 72.5 Å². The van der Waals surface area contributed by atoms with E-state index in [-0.39, 0.29) is 12.6 Å². The van der Waals surface area contributed by atoms with Gasteiger partial charge >= 0.3 is 5.97 Å². The van der Waals surface area contributed by atoms with Gasteiger partial charge in [0.25, 0.3) is 0 Å². The standard InChI is InChI=1S/C13H18BrNO3/c1-8(15)10-6-9(14)4-5-11(10)18-7-13(2,3)12(16)17/h4-6,8H,7,15H2,1-3H3,(H,16,17). The maximum absolute atomic E-state index is 11.0. The van der Waals surface area contributed by atoms with Gasteiger partial charge in [-0.15, -0.1) is 0 Å². The summed E-state index contributed by atoms with van der Waals surface area (Å²) in [6, 6.07) is 5.34. The minimum atomic E-state index is -0.928. The molecular weight excluding hydrogens is 298 g/mol. The minimum absolute atomic E-state index is 0.101. The molecule has 0 aliphatic heterocycles. The number of hydrogen-bond donors (Lipinski definition) is 2. The largest absolute Gasteiger partial charge is 0.492 e. The first-order valence-electron chi connectivity index (χ1n) is 5.65. The average Bonchev–Trinajstić information content (AvgIpc) is 2.27. The van der Waals surface area contributed by atoms with Gasteiger partial charge in [-0.1, -0.05) is 15.9 Å². The van der Waals surface area contributed by atoms with Crippen LogP contribution >= 0.6 is 15.9 Å². The lowest BCUT2D eigenvalue weighted by Crippen LogP contribution is -2.31. The van der Waals surface area contributed by atoms with Gasteiger partial charge in [-0.2, -0.15) is 0 Å². The number of ether oxygens (including phenoxy) is 1. The molecule has 0 saturated heterocycles. The first kappa shape index (κ1) is 15.0. The molecule has 0 amide bonds. The van der Waals surface area contributed by atoms with Gasteiger partial charge in [-0.05, 0) is 39.0 Å². The number of benzene rings is 1. The Morgan fingerprint density at radius 2 is 2.17 bits per heavy atom. The molecule has 0 fully saturated rings. The number of hydrogen-bond acceptors (Lipinski definition) is 3. The summed E-state index contributed by atoms with van der Waals surface area (Å²) in [5, 5.41) is 9.03. The van der Waals surface area contributed by atoms with Crippen molar-refractivity contribution in [3.8, 4) is 5.75 Å². The van der Waals surface area contributed by atoms with E-state index >= 15 is 0 Å². The fourth-order valence-corrected chi connectivity index (χ4v) is 1.71. The summed E-state index contributed by atoms with van der Waals surface area (Å²) in [6.07, 6.45) is 0. The molecule has 1 unspecified atom stereocenters. The molecule has 0 bridgehead atoms. The van der Waals surface area contributed by atoms with Gasteiger partial charge in [0.2, 0.25) is 0 Å². The lowest BCUT2D eigenvalue weighted by molar-refractivity contribution is -0.148. The second-order valence-electron chi connectivity index (χ2n) is 4.95. The summed E-state index contributed by atoms with van der Waals surface area (Å²) >= 11 is 3.37. The number of rotatable bonds is 5. The van der Waals surface area contributed by atoms with Crippen LogP contribution in [0.3, 0.4) is 0 Å². The second-order valence-corrected chi connectivity index (χ2v) is 5.86. The zero-order valence-electron chi connectivity index (χ0n) is 10.7. The number of carbonyl (C=O) groups is 1. The first-order chi connectivity index (χ1) is 8.24. The van der Waals surface area contributed by atoms with Crippen LogP contribution in [0.5, 0.6) is 5.75 Å². The molecule has 0 heterocycles. The molecule has 5 heteroatoms. The fraction of sp³-hybridized carbons (Fsp3) is 0.462. The Kier molecular flexibility index (Phi) is 4.76. The van der Waals surface area contributed by atoms with Crippen molar-refractivity contribution in [1.29, 1.82) is 0 Å². The fourth-order valence-electron chi connectivity index (χ4n) is 1.33. The maximum atomic E-state index is 11.0. The van der Waals surface area contributed by atoms with E-state index in [2.05, 4.69) is 15.9 Å². The van der Waals surface area contributed by atoms with Crippen LogP contribution in [0.25, 0.3) is 0 Å². The van der Waals surface area contributed by atoms with Gasteiger partial charge in [0, 0.05) is 16.1 Å². The maximum Gasteiger partial charge on any atom is 0.312 e. The Hall–Kier alpha value is -1.07. The number of aliphatic carboxylic acids is 1. The first-order valence-corrected chi connectivity index (χ1v) is 6.44. The molecule has 0 spiro atoms. The molecule has 18 heavy (non-hydrogen) atoms. The normalized spacial score (nSPS) is 13.2. The Morgan fingerprint density at radius 3 is 2.67 bits per heavy atom. The van der Waals surface area contributed by atoms with Crippen LogP contribution in [-0.2, 0) is 4.79 Å². The van der Waals surface area contributed by atoms with Gasteiger partial charge in [0.05, 0.1) is 5.41 Å². The van der Waals surface area contributed by atoms with E-state index in [1.807, 2.05) is 19.1 Å². The van der Waals surface area contributed by atoms with Crippen LogP contribution in [0.4, 0.5) is 0 Å². The van der Waals surface area contributed by atoms with Crippen molar-refractivity contribution < 1.29 is 14.6 Å². The average molecular weight is 316 g/mol. The van der Waals surface area contributed by atoms with Crippen LogP contribution in [-0.4, -0.2) is 17.7 Å². The lowest BCUT2D eigenvalue weighted by Gasteiger charge is -2.21. The molecule has 3 N–H and O–H groups in total. The molecule has 0 aromatic heterocycles. The molecule has 0 saturated carbocycles. The molecular formula is C13H18BrNO3. The molecule has 0 aliphatic rings. The third-order valence-corrected chi connectivity index (χ3v) is 3.12. The van der Waals surface area contributed by atoms with Gasteiger partial charge in [0.15, 0.2) is 0 Å². The third kappa shape index (κ3) is 3.71. The highest BCUT2D eigenvalue weighted by molar-refractivity contribution is 9.10. The predicted molar refractivity (Wildman–Crippen MR) is 73.7 cm³/mol. The van der Waals surface area contributed by atoms with E-state index in [1.165, 1.54) is 0 Å². The van der Waals surface area contributed by atoms with E-state index in [4.69, 9.17) is 15.6 Å². The summed E-state index contributed by atoms with van der Waals surface area (Å²) in [5.74, 6) is -0.260. The third-order valence-electron chi connectivity index (χ3n) is 2.63. The van der Waals surface area contributed by atoms with Crippen molar-refractivity contribution in [2.45, 2.75) is 26.8 Å². The van der Waals surface area contributed by atoms with E-state index in [9.17, 15) is 4.79 Å². The van der Waals surface area contributed by atoms with Crippen molar-refractivity contribution in [1.82, 2.24) is 0 Å². The van der Waals surface area contributed by atoms with E-state index < -0.39 is 11.4 Å². The molecule has 1 atom stereocenters. The van der Waals surface area contributed by atoms with Crippen LogP contribution in [0.1, 0.15) is 32.4 Å². The van der Waals surface area contributed by atoms with Crippen molar-refractivity contribution in [2.24, 2.45) is 11.1 Å². The monoisotopic (exact) mass is 315 g/mol. The molecule has 1 rings (SSSR count). The SMILES string of the molecule is CC(N)c1cc(Br)ccc1OCC(C)(C)C(=O)O. The minimum Gasteiger partial charge on any atom is -0.492 e. The smallest absolute Gasteiger partial charge is 0.312 e. The number of carboxylic acid groups (broad SMARTS) is 1. The highest BCUT2D eigenvalue weighted by Crippen LogP contribution is 2.29. The molecule has 100 valence electrons. The Morgan fingerprint density at radius 1 is 1.56 bits per heavy atom. The van der Waals surface area contributed by atoms with E-state index in [0.717, 1.165) is 10.0 Å². The van der Waals surface area contributed by atoms with E-state index in [0.29, 0.717) is 5.75 Å². The van der Waals surface area contributed by atoms with Crippen molar-refractivity contribution >= 4 is 21.9 Å². The second kappa shape index (κ2) is 5.71. The van der Waals surface area contributed by atoms with Gasteiger partial charge in [-0.3, -0.25) is 4.79 Å². The van der Waals surface area contributed by atoms with Gasteiger partial charge in [-0.25, -0.2) is 0 Å². The van der Waals surface area contributed by atoms with Crippen LogP contribution in [0.15, 0.2) is 22.7 Å². The van der Waals surface area contributed by atoms with Crippen molar-refractivity contribution in [2.75, 3.05) is 6.61 Å². The van der Waals surface area contributed by atoms with Crippen LogP contribution < -0.4 is 10.5 Å². The quantitative estimate of drug-likeness (QED) is 0.876. The summed E-state index contributed by atoms with van der Waals surface area (Å²) < 4.78 is 6.51. The Bertz CT molecular complexity index is 444. The summed E-state index contributed by atoms with van der Waals surface area (Å²) in [7, 11) is 0. The van der Waals surface area contributed by atoms with Gasteiger partial charge in [0.1, 0.15) is 12.4 Å². The lowest BCUT2D eigenvalue weighted by atomic mass is 9.95. The van der Waals surface area contributed by atoms with Crippen molar-refractivity contribution in [3.63, 3.8) is 0 Å². The summed E-state index contributed by atoms with van der Waals surface area (Å²) in [6.45, 7) is 5.21. The number of halogens is 1. The Balaban J connectivity index is 2.88. The molecule has 4 nitrogen and oxygen atoms in total.